The zero-order valence-corrected chi connectivity index (χ0v) is 22.6. The fourth-order valence-corrected chi connectivity index (χ4v) is 4.57. The number of ether oxygens (including phenoxy) is 1. The Morgan fingerprint density at radius 3 is 2.37 bits per heavy atom. The average molecular weight is 524 g/mol. The Hall–Kier alpha value is -2.78. The number of anilines is 1. The molecule has 0 aromatic heterocycles. The van der Waals surface area contributed by atoms with E-state index in [1.54, 1.807) is 6.92 Å². The quantitative estimate of drug-likeness (QED) is 0.484. The van der Waals surface area contributed by atoms with E-state index in [0.717, 1.165) is 28.1 Å². The van der Waals surface area contributed by atoms with Crippen LogP contribution in [0, 0.1) is 6.92 Å². The molecule has 2 amide bonds. The van der Waals surface area contributed by atoms with Gasteiger partial charge in [0.25, 0.3) is 0 Å². The van der Waals surface area contributed by atoms with Crippen molar-refractivity contribution in [1.82, 2.24) is 10.2 Å². The molecule has 0 fully saturated rings. The van der Waals surface area contributed by atoms with Gasteiger partial charge < -0.3 is 15.0 Å². The van der Waals surface area contributed by atoms with Gasteiger partial charge in [-0.15, -0.1) is 0 Å². The summed E-state index contributed by atoms with van der Waals surface area (Å²) in [6.07, 6.45) is 1.76. The van der Waals surface area contributed by atoms with E-state index >= 15 is 0 Å². The van der Waals surface area contributed by atoms with Crippen LogP contribution >= 0.6 is 11.6 Å². The van der Waals surface area contributed by atoms with E-state index < -0.39 is 28.5 Å². The highest BCUT2D eigenvalue weighted by Crippen LogP contribution is 2.30. The number of benzene rings is 2. The summed E-state index contributed by atoms with van der Waals surface area (Å²) in [5.41, 5.74) is 2.07. The molecule has 0 bridgehead atoms. The van der Waals surface area contributed by atoms with Crippen molar-refractivity contribution in [2.45, 2.75) is 52.7 Å². The van der Waals surface area contributed by atoms with Gasteiger partial charge in [0.2, 0.25) is 21.8 Å². The van der Waals surface area contributed by atoms with E-state index in [9.17, 15) is 18.0 Å². The lowest BCUT2D eigenvalue weighted by Crippen LogP contribution is -2.52. The van der Waals surface area contributed by atoms with Crippen LogP contribution in [-0.4, -0.2) is 57.1 Å². The van der Waals surface area contributed by atoms with Crippen LogP contribution in [-0.2, 0) is 26.2 Å². The number of nitrogens with one attached hydrogen (secondary N) is 1. The standard InChI is InChI=1S/C25H34ClN3O5S/c1-7-18(3)27-25(31)19(4)28(15-20-10-8-9-17(2)13-20)24(30)16-29(35(6,32)33)21-11-12-23(34-5)22(26)14-21/h8-14,18-19H,7,15-16H2,1-6H3,(H,27,31). The lowest BCUT2D eigenvalue weighted by molar-refractivity contribution is -0.139. The van der Waals surface area contributed by atoms with Crippen LogP contribution in [0.2, 0.25) is 5.02 Å². The molecule has 1 N–H and O–H groups in total. The number of hydrogen-bond acceptors (Lipinski definition) is 5. The first kappa shape index (κ1) is 28.5. The highest BCUT2D eigenvalue weighted by atomic mass is 35.5. The zero-order chi connectivity index (χ0) is 26.3. The summed E-state index contributed by atoms with van der Waals surface area (Å²) in [6.45, 7) is 7.07. The van der Waals surface area contributed by atoms with Gasteiger partial charge in [-0.05, 0) is 51.0 Å². The van der Waals surface area contributed by atoms with E-state index in [1.807, 2.05) is 45.0 Å². The molecule has 2 aromatic rings. The molecular weight excluding hydrogens is 490 g/mol. The molecule has 2 unspecified atom stereocenters. The second kappa shape index (κ2) is 12.3. The number of aryl methyl sites for hydroxylation is 1. The fourth-order valence-electron chi connectivity index (χ4n) is 3.48. The van der Waals surface area contributed by atoms with Gasteiger partial charge in [0, 0.05) is 12.6 Å². The molecule has 0 heterocycles. The Kier molecular flexibility index (Phi) is 9.97. The van der Waals surface area contributed by atoms with Gasteiger partial charge in [0.1, 0.15) is 18.3 Å². The smallest absolute Gasteiger partial charge is 0.244 e. The van der Waals surface area contributed by atoms with E-state index in [1.165, 1.54) is 30.2 Å². The minimum absolute atomic E-state index is 0.0603. The molecular formula is C25H34ClN3O5S. The summed E-state index contributed by atoms with van der Waals surface area (Å²) < 4.78 is 31.4. The summed E-state index contributed by atoms with van der Waals surface area (Å²) in [6, 6.07) is 11.2. The number of methoxy groups -OCH3 is 1. The van der Waals surface area contributed by atoms with Crippen LogP contribution in [0.3, 0.4) is 0 Å². The number of amides is 2. The monoisotopic (exact) mass is 523 g/mol. The van der Waals surface area contributed by atoms with Crippen LogP contribution < -0.4 is 14.4 Å². The minimum atomic E-state index is -3.85. The largest absolute Gasteiger partial charge is 0.495 e. The van der Waals surface area contributed by atoms with E-state index in [0.29, 0.717) is 5.75 Å². The van der Waals surface area contributed by atoms with Gasteiger partial charge in [-0.3, -0.25) is 13.9 Å². The van der Waals surface area contributed by atoms with Gasteiger partial charge in [-0.2, -0.15) is 0 Å². The maximum Gasteiger partial charge on any atom is 0.244 e. The second-order valence-corrected chi connectivity index (χ2v) is 10.9. The first-order chi connectivity index (χ1) is 16.4. The summed E-state index contributed by atoms with van der Waals surface area (Å²) in [5.74, 6) is -0.443. The predicted molar refractivity (Wildman–Crippen MR) is 139 cm³/mol. The number of hydrogen-bond donors (Lipinski definition) is 1. The lowest BCUT2D eigenvalue weighted by Gasteiger charge is -2.32. The Bertz CT molecular complexity index is 1160. The molecule has 0 aliphatic carbocycles. The molecule has 2 atom stereocenters. The van der Waals surface area contributed by atoms with Crippen molar-refractivity contribution in [1.29, 1.82) is 0 Å². The number of sulfonamides is 1. The molecule has 0 aliphatic heterocycles. The Morgan fingerprint density at radius 1 is 1.14 bits per heavy atom. The predicted octanol–water partition coefficient (Wildman–Crippen LogP) is 3.76. The average Bonchev–Trinajstić information content (AvgIpc) is 2.79. The molecule has 2 aromatic carbocycles. The van der Waals surface area contributed by atoms with Gasteiger partial charge in [0.05, 0.1) is 24.1 Å². The van der Waals surface area contributed by atoms with Crippen LogP contribution in [0.25, 0.3) is 0 Å². The van der Waals surface area contributed by atoms with E-state index in [-0.39, 0.29) is 29.2 Å². The van der Waals surface area contributed by atoms with Gasteiger partial charge in [-0.25, -0.2) is 8.42 Å². The number of nitrogens with zero attached hydrogens (tertiary/aromatic N) is 2. The topological polar surface area (TPSA) is 96.0 Å². The van der Waals surface area contributed by atoms with Crippen molar-refractivity contribution in [2.75, 3.05) is 24.2 Å². The summed E-state index contributed by atoms with van der Waals surface area (Å²) in [7, 11) is -2.39. The van der Waals surface area contributed by atoms with Gasteiger partial charge in [0.15, 0.2) is 0 Å². The van der Waals surface area contributed by atoms with Crippen LogP contribution in [0.4, 0.5) is 5.69 Å². The summed E-state index contributed by atoms with van der Waals surface area (Å²) in [5, 5.41) is 3.11. The molecule has 0 spiro atoms. The van der Waals surface area contributed by atoms with E-state index in [2.05, 4.69) is 5.32 Å². The number of carbonyl (C=O) groups is 2. The van der Waals surface area contributed by atoms with Gasteiger partial charge >= 0.3 is 0 Å². The normalized spacial score (nSPS) is 13.0. The molecule has 192 valence electrons. The van der Waals surface area contributed by atoms with Crippen LogP contribution in [0.5, 0.6) is 5.75 Å². The lowest BCUT2D eigenvalue weighted by atomic mass is 10.1. The van der Waals surface area contributed by atoms with Crippen LogP contribution in [0.1, 0.15) is 38.3 Å². The Balaban J connectivity index is 2.41. The molecule has 0 saturated heterocycles. The van der Waals surface area contributed by atoms with E-state index in [4.69, 9.17) is 16.3 Å². The highest BCUT2D eigenvalue weighted by molar-refractivity contribution is 7.92. The minimum Gasteiger partial charge on any atom is -0.495 e. The molecule has 35 heavy (non-hydrogen) atoms. The van der Waals surface area contributed by atoms with Crippen molar-refractivity contribution in [3.8, 4) is 5.75 Å². The molecule has 0 saturated carbocycles. The third-order valence-electron chi connectivity index (χ3n) is 5.71. The van der Waals surface area contributed by atoms with Crippen molar-refractivity contribution in [2.24, 2.45) is 0 Å². The zero-order valence-electron chi connectivity index (χ0n) is 21.0. The molecule has 10 heteroatoms. The Morgan fingerprint density at radius 2 is 1.83 bits per heavy atom. The third kappa shape index (κ3) is 7.86. The van der Waals surface area contributed by atoms with Crippen LogP contribution in [0.15, 0.2) is 42.5 Å². The Labute approximate surface area is 213 Å². The van der Waals surface area contributed by atoms with Crippen molar-refractivity contribution in [3.05, 3.63) is 58.6 Å². The first-order valence-corrected chi connectivity index (χ1v) is 13.6. The maximum atomic E-state index is 13.6. The third-order valence-corrected chi connectivity index (χ3v) is 7.14. The fraction of sp³-hybridized carbons (Fsp3) is 0.440. The first-order valence-electron chi connectivity index (χ1n) is 11.3. The van der Waals surface area contributed by atoms with Gasteiger partial charge in [-0.1, -0.05) is 48.4 Å². The molecule has 0 radical (unpaired) electrons. The van der Waals surface area contributed by atoms with Crippen molar-refractivity contribution >= 4 is 39.1 Å². The molecule has 2 rings (SSSR count). The summed E-state index contributed by atoms with van der Waals surface area (Å²) >= 11 is 6.20. The SMILES string of the molecule is CCC(C)NC(=O)C(C)N(Cc1cccc(C)c1)C(=O)CN(c1ccc(OC)c(Cl)c1)S(C)(=O)=O. The van der Waals surface area contributed by atoms with Crippen molar-refractivity contribution in [3.63, 3.8) is 0 Å². The number of carbonyl (C=O) groups excluding carboxylic acids is 2. The number of halogens is 1. The highest BCUT2D eigenvalue weighted by Gasteiger charge is 2.30. The number of rotatable bonds is 11. The molecule has 0 aliphatic rings. The molecule has 8 nitrogen and oxygen atoms in total. The summed E-state index contributed by atoms with van der Waals surface area (Å²) in [4.78, 5) is 27.9. The maximum absolute atomic E-state index is 13.6. The van der Waals surface area contributed by atoms with Crippen molar-refractivity contribution < 1.29 is 22.7 Å². The second-order valence-electron chi connectivity index (χ2n) is 8.59.